The van der Waals surface area contributed by atoms with Gasteiger partial charge in [-0.15, -0.1) is 0 Å². The van der Waals surface area contributed by atoms with E-state index >= 15 is 0 Å². The van der Waals surface area contributed by atoms with Crippen molar-refractivity contribution in [3.63, 3.8) is 0 Å². The summed E-state index contributed by atoms with van der Waals surface area (Å²) >= 11 is 0. The quantitative estimate of drug-likeness (QED) is 0.490. The first-order valence-electron chi connectivity index (χ1n) is 13.7. The van der Waals surface area contributed by atoms with E-state index in [1.54, 1.807) is 18.6 Å². The van der Waals surface area contributed by atoms with Crippen LogP contribution in [0.4, 0.5) is 4.39 Å². The van der Waals surface area contributed by atoms with E-state index in [9.17, 15) is 14.3 Å². The van der Waals surface area contributed by atoms with Crippen LogP contribution in [0.5, 0.6) is 0 Å². The minimum absolute atomic E-state index is 0.105. The van der Waals surface area contributed by atoms with Gasteiger partial charge in [-0.05, 0) is 80.8 Å². The van der Waals surface area contributed by atoms with Gasteiger partial charge in [0.2, 0.25) is 5.91 Å². The molecule has 1 amide bonds. The van der Waals surface area contributed by atoms with E-state index in [0.717, 1.165) is 48.9 Å². The van der Waals surface area contributed by atoms with Crippen molar-refractivity contribution in [2.75, 3.05) is 0 Å². The minimum atomic E-state index is -0.513. The number of halogens is 1. The fraction of sp³-hybridized carbons (Fsp3) is 0.484. The van der Waals surface area contributed by atoms with Crippen LogP contribution in [0.15, 0.2) is 55.0 Å². The summed E-state index contributed by atoms with van der Waals surface area (Å²) in [6.07, 6.45) is 9.13. The Balaban J connectivity index is 1.08. The number of carbonyl (C=O) groups excluding carboxylic acids is 1. The van der Waals surface area contributed by atoms with Gasteiger partial charge in [0, 0.05) is 16.7 Å². The number of aliphatic hydroxyl groups is 1. The molecule has 4 saturated carbocycles. The number of aryl methyl sites for hydroxylation is 1. The molecule has 4 atom stereocenters. The molecule has 0 spiro atoms. The van der Waals surface area contributed by atoms with Crippen molar-refractivity contribution in [3.05, 3.63) is 77.5 Å². The predicted octanol–water partition coefficient (Wildman–Crippen LogP) is 5.21. The molecule has 1 aromatic heterocycles. The molecular weight excluding hydrogens is 465 g/mol. The van der Waals surface area contributed by atoms with Gasteiger partial charge in [0.1, 0.15) is 5.82 Å². The van der Waals surface area contributed by atoms with Crippen molar-refractivity contribution in [1.82, 2.24) is 14.9 Å². The van der Waals surface area contributed by atoms with Gasteiger partial charge in [-0.1, -0.05) is 42.0 Å². The zero-order chi connectivity index (χ0) is 25.3. The standard InChI is InChI=1S/C31H34FN3O2/c1-18-5-7-19(8-6-18)11-28(37)34-31-13-20-9-21(14-31)29(22(10-20)15-31)27(36)12-25-30-23(3-2-4-24(30)32)26-16-33-17-35(25)26/h2-8,16-17,20-22,25,27,29,36H,9-15H2,1H3,(H,34,37). The number of benzene rings is 2. The Morgan fingerprint density at radius 1 is 1.16 bits per heavy atom. The molecule has 37 heavy (non-hydrogen) atoms. The van der Waals surface area contributed by atoms with E-state index in [1.807, 2.05) is 22.8 Å². The van der Waals surface area contributed by atoms with E-state index in [1.165, 1.54) is 11.6 Å². The van der Waals surface area contributed by atoms with Crippen LogP contribution in [0.25, 0.3) is 11.3 Å². The summed E-state index contributed by atoms with van der Waals surface area (Å²) in [6.45, 7) is 2.06. The Morgan fingerprint density at radius 2 is 1.92 bits per heavy atom. The Labute approximate surface area is 217 Å². The van der Waals surface area contributed by atoms with Crippen LogP contribution in [0.1, 0.15) is 61.3 Å². The summed E-state index contributed by atoms with van der Waals surface area (Å²) in [5.41, 5.74) is 4.59. The van der Waals surface area contributed by atoms with Crippen LogP contribution >= 0.6 is 0 Å². The molecule has 3 aromatic rings. The van der Waals surface area contributed by atoms with Crippen LogP contribution < -0.4 is 5.32 Å². The predicted molar refractivity (Wildman–Crippen MR) is 139 cm³/mol. The minimum Gasteiger partial charge on any atom is -0.393 e. The fourth-order valence-corrected chi connectivity index (χ4v) is 8.69. The van der Waals surface area contributed by atoms with Crippen molar-refractivity contribution in [2.24, 2.45) is 23.7 Å². The van der Waals surface area contributed by atoms with Gasteiger partial charge in [0.25, 0.3) is 0 Å². The molecule has 5 aliphatic rings. The number of imidazole rings is 1. The number of amides is 1. The summed E-state index contributed by atoms with van der Waals surface area (Å²) < 4.78 is 17.0. The summed E-state index contributed by atoms with van der Waals surface area (Å²) in [4.78, 5) is 17.4. The first-order chi connectivity index (χ1) is 17.9. The third-order valence-electron chi connectivity index (χ3n) is 9.81. The lowest BCUT2D eigenvalue weighted by Gasteiger charge is -2.61. The molecule has 4 aliphatic carbocycles. The van der Waals surface area contributed by atoms with E-state index in [-0.39, 0.29) is 29.2 Å². The monoisotopic (exact) mass is 499 g/mol. The highest BCUT2D eigenvalue weighted by Gasteiger charge is 2.57. The smallest absolute Gasteiger partial charge is 0.224 e. The number of aromatic nitrogens is 2. The number of nitrogens with zero attached hydrogens (tertiary/aromatic N) is 2. The first-order valence-corrected chi connectivity index (χ1v) is 13.7. The number of aliphatic hydroxyl groups excluding tert-OH is 1. The van der Waals surface area contributed by atoms with Gasteiger partial charge in [0.05, 0.1) is 36.8 Å². The Bertz CT molecular complexity index is 1330. The zero-order valence-electron chi connectivity index (χ0n) is 21.2. The fourth-order valence-electron chi connectivity index (χ4n) is 8.69. The second kappa shape index (κ2) is 8.52. The van der Waals surface area contributed by atoms with Crippen LogP contribution in [0.2, 0.25) is 0 Å². The van der Waals surface area contributed by atoms with E-state index < -0.39 is 6.10 Å². The lowest BCUT2D eigenvalue weighted by Crippen LogP contribution is -2.64. The topological polar surface area (TPSA) is 67.2 Å². The molecule has 8 rings (SSSR count). The summed E-state index contributed by atoms with van der Waals surface area (Å²) in [5, 5.41) is 15.1. The number of carbonyl (C=O) groups is 1. The van der Waals surface area contributed by atoms with Gasteiger partial charge in [-0.2, -0.15) is 0 Å². The zero-order valence-corrected chi connectivity index (χ0v) is 21.2. The van der Waals surface area contributed by atoms with Crippen LogP contribution in [-0.4, -0.2) is 32.2 Å². The molecule has 2 aromatic carbocycles. The summed E-state index contributed by atoms with van der Waals surface area (Å²) in [7, 11) is 0. The second-order valence-corrected chi connectivity index (χ2v) is 12.2. The van der Waals surface area contributed by atoms with Crippen molar-refractivity contribution < 1.29 is 14.3 Å². The highest BCUT2D eigenvalue weighted by Crippen LogP contribution is 2.60. The normalized spacial score (nSPS) is 31.7. The lowest BCUT2D eigenvalue weighted by atomic mass is 9.48. The van der Waals surface area contributed by atoms with Gasteiger partial charge in [0.15, 0.2) is 0 Å². The molecule has 4 bridgehead atoms. The molecule has 4 unspecified atom stereocenters. The first kappa shape index (κ1) is 23.2. The van der Waals surface area contributed by atoms with Gasteiger partial charge in [-0.25, -0.2) is 9.37 Å². The Morgan fingerprint density at radius 3 is 2.68 bits per heavy atom. The average Bonchev–Trinajstić information content (AvgIpc) is 3.43. The molecular formula is C31H34FN3O2. The highest BCUT2D eigenvalue weighted by molar-refractivity contribution is 5.79. The van der Waals surface area contributed by atoms with Gasteiger partial charge < -0.3 is 15.0 Å². The second-order valence-electron chi connectivity index (χ2n) is 12.2. The largest absolute Gasteiger partial charge is 0.393 e. The SMILES string of the molecule is Cc1ccc(CC(=O)NC23CC4CC(C2)C(C(O)CC2c5c(F)cccc5-c5cncn52)C(C4)C3)cc1. The average molecular weight is 500 g/mol. The molecule has 0 radical (unpaired) electrons. The number of nitrogens with one attached hydrogen (secondary N) is 1. The third-order valence-corrected chi connectivity index (χ3v) is 9.81. The maximum Gasteiger partial charge on any atom is 0.224 e. The third kappa shape index (κ3) is 3.83. The Kier molecular flexibility index (Phi) is 5.33. The number of rotatable bonds is 6. The molecule has 2 heterocycles. The van der Waals surface area contributed by atoms with Crippen LogP contribution in [0.3, 0.4) is 0 Å². The van der Waals surface area contributed by atoms with Crippen LogP contribution in [-0.2, 0) is 11.2 Å². The summed E-state index contributed by atoms with van der Waals surface area (Å²) in [6, 6.07) is 13.2. The molecule has 192 valence electrons. The number of fused-ring (bicyclic) bond motifs is 3. The van der Waals surface area contributed by atoms with Crippen LogP contribution in [0, 0.1) is 36.4 Å². The molecule has 5 nitrogen and oxygen atoms in total. The maximum absolute atomic E-state index is 15.0. The maximum atomic E-state index is 15.0. The molecule has 6 heteroatoms. The molecule has 2 N–H and O–H groups in total. The van der Waals surface area contributed by atoms with Crippen molar-refractivity contribution in [1.29, 1.82) is 0 Å². The van der Waals surface area contributed by atoms with E-state index in [0.29, 0.717) is 36.2 Å². The highest BCUT2D eigenvalue weighted by atomic mass is 19.1. The van der Waals surface area contributed by atoms with E-state index in [4.69, 9.17) is 0 Å². The number of hydrogen-bond donors (Lipinski definition) is 2. The Hall–Kier alpha value is -2.99. The molecule has 1 aliphatic heterocycles. The molecule has 4 fully saturated rings. The lowest BCUT2D eigenvalue weighted by molar-refractivity contribution is -0.135. The van der Waals surface area contributed by atoms with Crippen molar-refractivity contribution >= 4 is 5.91 Å². The van der Waals surface area contributed by atoms with Crippen molar-refractivity contribution in [2.45, 2.75) is 69.6 Å². The number of hydrogen-bond acceptors (Lipinski definition) is 3. The van der Waals surface area contributed by atoms with E-state index in [2.05, 4.69) is 29.4 Å². The van der Waals surface area contributed by atoms with Gasteiger partial charge >= 0.3 is 0 Å². The molecule has 0 saturated heterocycles. The summed E-state index contributed by atoms with van der Waals surface area (Å²) in [5.74, 6) is 1.49. The van der Waals surface area contributed by atoms with Gasteiger partial charge in [-0.3, -0.25) is 4.79 Å². The van der Waals surface area contributed by atoms with Crippen molar-refractivity contribution in [3.8, 4) is 11.3 Å².